The molecule has 10 heteroatoms. The third-order valence-corrected chi connectivity index (χ3v) is 15.0. The molecule has 4 rings (SSSR count). The van der Waals surface area contributed by atoms with Gasteiger partial charge < -0.3 is 36.3 Å². The second-order valence-electron chi connectivity index (χ2n) is 18.8. The minimum absolute atomic E-state index is 0.0549. The van der Waals surface area contributed by atoms with Gasteiger partial charge in [-0.15, -0.1) is 0 Å². The maximum atomic E-state index is 14.3. The summed E-state index contributed by atoms with van der Waals surface area (Å²) in [5.41, 5.74) is 5.04. The lowest BCUT2D eigenvalue weighted by Gasteiger charge is -2.69. The molecule has 1 amide bonds. The molecule has 10 nitrogen and oxygen atoms in total. The monoisotopic (exact) mass is 747 g/mol. The Labute approximate surface area is 322 Å². The van der Waals surface area contributed by atoms with Crippen LogP contribution in [0.4, 0.5) is 0 Å². The van der Waals surface area contributed by atoms with Crippen LogP contribution in [0.2, 0.25) is 0 Å². The van der Waals surface area contributed by atoms with Crippen LogP contribution in [0.5, 0.6) is 0 Å². The molecule has 4 aliphatic rings. The van der Waals surface area contributed by atoms with Crippen molar-refractivity contribution in [3.63, 3.8) is 0 Å². The first-order chi connectivity index (χ1) is 25.1. The number of rotatable bonds is 20. The molecular formula is C43H78N4O6. The molecule has 0 heterocycles. The number of carbonyl (C=O) groups is 3. The second-order valence-corrected chi connectivity index (χ2v) is 18.8. The van der Waals surface area contributed by atoms with E-state index in [1.807, 2.05) is 0 Å². The van der Waals surface area contributed by atoms with Gasteiger partial charge in [0.1, 0.15) is 12.2 Å². The van der Waals surface area contributed by atoms with Gasteiger partial charge in [0.15, 0.2) is 0 Å². The Morgan fingerprint density at radius 2 is 1.42 bits per heavy atom. The fourth-order valence-electron chi connectivity index (χ4n) is 12.5. The maximum absolute atomic E-state index is 14.3. The average Bonchev–Trinajstić information content (AvgIpc) is 3.35. The lowest BCUT2D eigenvalue weighted by Crippen LogP contribution is -2.66. The van der Waals surface area contributed by atoms with Crippen LogP contribution in [0.3, 0.4) is 0 Å². The van der Waals surface area contributed by atoms with E-state index in [2.05, 4.69) is 57.5 Å². The van der Waals surface area contributed by atoms with E-state index in [0.29, 0.717) is 31.2 Å². The van der Waals surface area contributed by atoms with Gasteiger partial charge in [-0.2, -0.15) is 0 Å². The van der Waals surface area contributed by atoms with Gasteiger partial charge in [-0.25, -0.2) is 0 Å². The summed E-state index contributed by atoms with van der Waals surface area (Å²) in [6.07, 6.45) is 10.9. The first-order valence-corrected chi connectivity index (χ1v) is 21.5. The molecule has 0 aromatic rings. The molecule has 6 N–H and O–H groups in total. The number of carbonyl (C=O) groups excluding carboxylic acids is 3. The smallest absolute Gasteiger partial charge is 0.302 e. The second kappa shape index (κ2) is 19.4. The maximum Gasteiger partial charge on any atom is 0.302 e. The molecule has 4 aliphatic carbocycles. The fraction of sp³-hybridized carbons (Fsp3) is 0.930. The minimum Gasteiger partial charge on any atom is -0.462 e. The van der Waals surface area contributed by atoms with Crippen LogP contribution in [0.25, 0.3) is 0 Å². The number of aliphatic hydroxyl groups excluding tert-OH is 1. The van der Waals surface area contributed by atoms with E-state index in [0.717, 1.165) is 103 Å². The third-order valence-electron chi connectivity index (χ3n) is 15.0. The van der Waals surface area contributed by atoms with Crippen molar-refractivity contribution in [2.24, 2.45) is 63.4 Å². The Balaban J connectivity index is 1.50. The zero-order chi connectivity index (χ0) is 39.0. The van der Waals surface area contributed by atoms with Crippen molar-refractivity contribution in [2.45, 2.75) is 157 Å². The molecule has 0 aliphatic heterocycles. The normalized spacial score (nSPS) is 37.0. The number of hydrogen-bond donors (Lipinski definition) is 5. The zero-order valence-corrected chi connectivity index (χ0v) is 34.8. The largest absolute Gasteiger partial charge is 0.462 e. The molecule has 3 unspecified atom stereocenters. The topological polar surface area (TPSA) is 152 Å². The highest BCUT2D eigenvalue weighted by Gasteiger charge is 2.72. The molecule has 53 heavy (non-hydrogen) atoms. The van der Waals surface area contributed by atoms with E-state index in [-0.39, 0.29) is 75.9 Å². The Morgan fingerprint density at radius 3 is 2.04 bits per heavy atom. The lowest BCUT2D eigenvalue weighted by atomic mass is 9.36. The standard InChI is InChI=1S/C43H78N4O6/c1-28(2)14-11-15-32(40(51)47-25-13-24-46-22-10-9-21-45-23-12-20-44)38-34-26-35(50)39-41(6)18-17-36(52-30(4)48)29(3)33(41)16-19-42(39,7)43(34,8)27-37(38)53-31(5)49/h28-29,32-39,45-46,50H,9-27,44H2,1-8H3,(H,47,51)/t29-,32-,33?,34?,35+,36+,37-,38-,39?,41-,42-,43-/m0/s1. The highest BCUT2D eigenvalue weighted by Crippen LogP contribution is 2.75. The van der Waals surface area contributed by atoms with E-state index in [1.54, 1.807) is 0 Å². The Kier molecular flexibility index (Phi) is 16.1. The average molecular weight is 747 g/mol. The van der Waals surface area contributed by atoms with Crippen LogP contribution in [-0.2, 0) is 23.9 Å². The molecule has 4 fully saturated rings. The molecule has 4 saturated carbocycles. The van der Waals surface area contributed by atoms with Crippen molar-refractivity contribution in [2.75, 3.05) is 39.3 Å². The molecule has 0 spiro atoms. The minimum atomic E-state index is -0.519. The van der Waals surface area contributed by atoms with Crippen LogP contribution < -0.4 is 21.7 Å². The van der Waals surface area contributed by atoms with Crippen molar-refractivity contribution in [3.8, 4) is 0 Å². The number of ether oxygens (including phenoxy) is 2. The molecule has 12 atom stereocenters. The number of esters is 2. The van der Waals surface area contributed by atoms with Gasteiger partial charge in [0.05, 0.1) is 6.10 Å². The van der Waals surface area contributed by atoms with Crippen LogP contribution in [0.15, 0.2) is 0 Å². The van der Waals surface area contributed by atoms with Crippen molar-refractivity contribution in [3.05, 3.63) is 0 Å². The molecule has 0 aromatic heterocycles. The van der Waals surface area contributed by atoms with E-state index in [1.165, 1.54) is 13.8 Å². The fourth-order valence-corrected chi connectivity index (χ4v) is 12.5. The summed E-state index contributed by atoms with van der Waals surface area (Å²) >= 11 is 0. The molecule has 0 saturated heterocycles. The highest BCUT2D eigenvalue weighted by atomic mass is 16.5. The number of nitrogens with one attached hydrogen (secondary N) is 3. The summed E-state index contributed by atoms with van der Waals surface area (Å²) in [6.45, 7) is 22.0. The quantitative estimate of drug-likeness (QED) is 0.0749. The zero-order valence-electron chi connectivity index (χ0n) is 34.8. The summed E-state index contributed by atoms with van der Waals surface area (Å²) in [7, 11) is 0. The van der Waals surface area contributed by atoms with Gasteiger partial charge in [-0.05, 0) is 149 Å². The van der Waals surface area contributed by atoms with Gasteiger partial charge in [0.25, 0.3) is 0 Å². The predicted octanol–water partition coefficient (Wildman–Crippen LogP) is 5.98. The predicted molar refractivity (Wildman–Crippen MR) is 211 cm³/mol. The summed E-state index contributed by atoms with van der Waals surface area (Å²) in [4.78, 5) is 39.0. The van der Waals surface area contributed by atoms with E-state index in [9.17, 15) is 19.5 Å². The summed E-state index contributed by atoms with van der Waals surface area (Å²) < 4.78 is 12.1. The number of unbranched alkanes of at least 4 members (excludes halogenated alkanes) is 1. The molecule has 0 radical (unpaired) electrons. The third kappa shape index (κ3) is 9.98. The number of fused-ring (bicyclic) bond motifs is 5. The van der Waals surface area contributed by atoms with Crippen LogP contribution >= 0.6 is 0 Å². The molecule has 0 aromatic carbocycles. The number of amides is 1. The van der Waals surface area contributed by atoms with Gasteiger partial charge in [0, 0.05) is 32.2 Å². The first-order valence-electron chi connectivity index (χ1n) is 21.5. The summed E-state index contributed by atoms with van der Waals surface area (Å²) in [5.74, 6) is 0.355. The van der Waals surface area contributed by atoms with Gasteiger partial charge in [0.2, 0.25) is 5.91 Å². The lowest BCUT2D eigenvalue weighted by molar-refractivity contribution is -0.241. The van der Waals surface area contributed by atoms with Crippen molar-refractivity contribution >= 4 is 17.8 Å². The van der Waals surface area contributed by atoms with Crippen molar-refractivity contribution < 1.29 is 29.0 Å². The van der Waals surface area contributed by atoms with E-state index in [4.69, 9.17) is 15.2 Å². The van der Waals surface area contributed by atoms with Crippen molar-refractivity contribution in [1.29, 1.82) is 0 Å². The van der Waals surface area contributed by atoms with E-state index < -0.39 is 6.10 Å². The summed E-state index contributed by atoms with van der Waals surface area (Å²) in [6, 6.07) is 0. The Morgan fingerprint density at radius 1 is 0.792 bits per heavy atom. The number of hydrogen-bond acceptors (Lipinski definition) is 9. The number of nitrogens with two attached hydrogens (primary N) is 1. The number of aliphatic hydroxyl groups is 1. The first kappa shape index (κ1) is 44.0. The molecular weight excluding hydrogens is 668 g/mol. The van der Waals surface area contributed by atoms with E-state index >= 15 is 0 Å². The Bertz CT molecular complexity index is 1200. The van der Waals surface area contributed by atoms with Crippen LogP contribution in [-0.4, -0.2) is 80.5 Å². The van der Waals surface area contributed by atoms with Crippen molar-refractivity contribution in [1.82, 2.24) is 16.0 Å². The van der Waals surface area contributed by atoms with Crippen LogP contribution in [0.1, 0.15) is 139 Å². The van der Waals surface area contributed by atoms with Crippen LogP contribution in [0, 0.1) is 57.7 Å². The molecule has 0 bridgehead atoms. The SMILES string of the molecule is CC(=O)O[C@H]1C[C@@]2(C)C(C[C@@H](O)C3[C@@]4(C)CC[C@@H](OC(C)=O)[C@@H](C)C4CC[C@@]32C)[C@@H]1[C@H](CCCC(C)C)C(=O)NCCCNCCCCNCCCN. The highest BCUT2D eigenvalue weighted by molar-refractivity contribution is 5.79. The summed E-state index contributed by atoms with van der Waals surface area (Å²) in [5, 5.41) is 22.7. The Hall–Kier alpha value is -1.75. The van der Waals surface area contributed by atoms with Gasteiger partial charge in [-0.1, -0.05) is 54.4 Å². The van der Waals surface area contributed by atoms with Gasteiger partial charge in [-0.3, -0.25) is 14.4 Å². The molecule has 306 valence electrons. The van der Waals surface area contributed by atoms with Gasteiger partial charge >= 0.3 is 11.9 Å².